The largest absolute Gasteiger partial charge is 0.494 e. The number of carbonyl (C=O) groups excluding carboxylic acids is 1. The summed E-state index contributed by atoms with van der Waals surface area (Å²) in [4.78, 5) is 32.7. The molecule has 1 aliphatic rings. The SMILES string of the molecule is CCCCCOc1ccc(/C=c2/sc3n(c2=O)C(c2cccs2)C(C(=O)OCCOC)=C(C)N=3)cc1. The van der Waals surface area contributed by atoms with Crippen LogP contribution in [0.5, 0.6) is 5.75 Å². The number of aromatic nitrogens is 1. The van der Waals surface area contributed by atoms with Crippen LogP contribution in [0.1, 0.15) is 49.6 Å². The predicted molar refractivity (Wildman–Crippen MR) is 142 cm³/mol. The first kappa shape index (κ1) is 26.1. The summed E-state index contributed by atoms with van der Waals surface area (Å²) < 4.78 is 18.4. The van der Waals surface area contributed by atoms with Gasteiger partial charge in [-0.05, 0) is 48.6 Å². The quantitative estimate of drug-likeness (QED) is 0.278. The van der Waals surface area contributed by atoms with E-state index in [1.807, 2.05) is 47.9 Å². The molecule has 3 aromatic rings. The third kappa shape index (κ3) is 5.86. The summed E-state index contributed by atoms with van der Waals surface area (Å²) in [5, 5.41) is 1.93. The molecule has 0 amide bonds. The smallest absolute Gasteiger partial charge is 0.338 e. The van der Waals surface area contributed by atoms with Crippen molar-refractivity contribution in [3.8, 4) is 5.75 Å². The molecule has 4 rings (SSSR count). The van der Waals surface area contributed by atoms with Gasteiger partial charge in [0.05, 0.1) is 29.0 Å². The first-order chi connectivity index (χ1) is 17.5. The molecule has 2 aromatic heterocycles. The summed E-state index contributed by atoms with van der Waals surface area (Å²) >= 11 is 2.81. The molecule has 0 spiro atoms. The van der Waals surface area contributed by atoms with Gasteiger partial charge in [0.2, 0.25) is 0 Å². The van der Waals surface area contributed by atoms with E-state index in [2.05, 4.69) is 11.9 Å². The normalized spacial score (nSPS) is 15.5. The van der Waals surface area contributed by atoms with Crippen molar-refractivity contribution < 1.29 is 19.0 Å². The molecule has 36 heavy (non-hydrogen) atoms. The minimum absolute atomic E-state index is 0.131. The molecule has 0 aliphatic carbocycles. The molecule has 1 unspecified atom stereocenters. The number of ether oxygens (including phenoxy) is 3. The van der Waals surface area contributed by atoms with Crippen LogP contribution in [0.2, 0.25) is 0 Å². The molecule has 1 aromatic carbocycles. The molecule has 0 saturated heterocycles. The Labute approximate surface area is 218 Å². The summed E-state index contributed by atoms with van der Waals surface area (Å²) in [7, 11) is 1.55. The fourth-order valence-corrected chi connectivity index (χ4v) is 5.82. The molecule has 1 atom stereocenters. The maximum absolute atomic E-state index is 13.6. The highest BCUT2D eigenvalue weighted by Crippen LogP contribution is 2.33. The number of carbonyl (C=O) groups is 1. The summed E-state index contributed by atoms with van der Waals surface area (Å²) in [6, 6.07) is 11.0. The fourth-order valence-electron chi connectivity index (χ4n) is 3.95. The van der Waals surface area contributed by atoms with Crippen LogP contribution >= 0.6 is 22.7 Å². The summed E-state index contributed by atoms with van der Waals surface area (Å²) in [5.74, 6) is 0.324. The van der Waals surface area contributed by atoms with Crippen molar-refractivity contribution in [3.63, 3.8) is 0 Å². The highest BCUT2D eigenvalue weighted by molar-refractivity contribution is 7.10. The second-order valence-electron chi connectivity index (χ2n) is 8.35. The van der Waals surface area contributed by atoms with E-state index >= 15 is 0 Å². The van der Waals surface area contributed by atoms with Gasteiger partial charge in [-0.2, -0.15) is 0 Å². The molecule has 0 radical (unpaired) electrons. The van der Waals surface area contributed by atoms with Gasteiger partial charge in [0.1, 0.15) is 18.4 Å². The zero-order chi connectivity index (χ0) is 25.5. The minimum Gasteiger partial charge on any atom is -0.494 e. The van der Waals surface area contributed by atoms with Gasteiger partial charge in [-0.1, -0.05) is 49.3 Å². The third-order valence-corrected chi connectivity index (χ3v) is 7.68. The molecule has 3 heterocycles. The number of esters is 1. The van der Waals surface area contributed by atoms with Crippen molar-refractivity contribution in [2.24, 2.45) is 4.99 Å². The van der Waals surface area contributed by atoms with Gasteiger partial charge in [-0.3, -0.25) is 9.36 Å². The number of nitrogens with zero attached hydrogens (tertiary/aromatic N) is 2. The third-order valence-electron chi connectivity index (χ3n) is 5.77. The van der Waals surface area contributed by atoms with Crippen LogP contribution in [0.3, 0.4) is 0 Å². The Hall–Kier alpha value is -3.01. The molecule has 0 bridgehead atoms. The highest BCUT2D eigenvalue weighted by Gasteiger charge is 2.34. The zero-order valence-corrected chi connectivity index (χ0v) is 22.3. The van der Waals surface area contributed by atoms with E-state index < -0.39 is 12.0 Å². The number of thiazole rings is 1. The van der Waals surface area contributed by atoms with E-state index in [4.69, 9.17) is 14.2 Å². The van der Waals surface area contributed by atoms with E-state index in [0.717, 1.165) is 35.5 Å². The first-order valence-corrected chi connectivity index (χ1v) is 13.7. The van der Waals surface area contributed by atoms with Crippen LogP contribution in [0.4, 0.5) is 0 Å². The van der Waals surface area contributed by atoms with Gasteiger partial charge in [0.15, 0.2) is 4.80 Å². The van der Waals surface area contributed by atoms with E-state index in [0.29, 0.717) is 33.8 Å². The topological polar surface area (TPSA) is 79.1 Å². The molecular weight excluding hydrogens is 496 g/mol. The van der Waals surface area contributed by atoms with Gasteiger partial charge in [-0.15, -0.1) is 11.3 Å². The first-order valence-electron chi connectivity index (χ1n) is 12.0. The van der Waals surface area contributed by atoms with Crippen molar-refractivity contribution in [3.05, 3.63) is 83.2 Å². The molecule has 0 fully saturated rings. The Kier molecular flexibility index (Phi) is 8.90. The second-order valence-corrected chi connectivity index (χ2v) is 10.3. The van der Waals surface area contributed by atoms with E-state index in [-0.39, 0.29) is 12.2 Å². The second kappa shape index (κ2) is 12.3. The number of allylic oxidation sites excluding steroid dienone is 1. The Balaban J connectivity index is 1.67. The van der Waals surface area contributed by atoms with Gasteiger partial charge in [0.25, 0.3) is 5.56 Å². The summed E-state index contributed by atoms with van der Waals surface area (Å²) in [6.45, 7) is 5.07. The van der Waals surface area contributed by atoms with E-state index in [1.54, 1.807) is 18.6 Å². The number of methoxy groups -OCH3 is 1. The molecule has 9 heteroatoms. The standard InChI is InChI=1S/C27H30N2O5S2/c1-4-5-6-13-33-20-11-9-19(10-12-20)17-22-25(30)29-24(21-8-7-16-35-21)23(18(2)28-27(29)36-22)26(31)34-15-14-32-3/h7-12,16-17,24H,4-6,13-15H2,1-3H3/b22-17+. The predicted octanol–water partition coefficient (Wildman–Crippen LogP) is 4.06. The van der Waals surface area contributed by atoms with Crippen molar-refractivity contribution in [2.75, 3.05) is 26.9 Å². The van der Waals surface area contributed by atoms with Gasteiger partial charge in [0, 0.05) is 12.0 Å². The lowest BCUT2D eigenvalue weighted by molar-refractivity contribution is -0.140. The highest BCUT2D eigenvalue weighted by atomic mass is 32.1. The number of fused-ring (bicyclic) bond motifs is 1. The minimum atomic E-state index is -0.586. The Morgan fingerprint density at radius 2 is 1.94 bits per heavy atom. The zero-order valence-electron chi connectivity index (χ0n) is 20.7. The summed E-state index contributed by atoms with van der Waals surface area (Å²) in [6.07, 6.45) is 5.19. The molecule has 190 valence electrons. The Morgan fingerprint density at radius 1 is 1.14 bits per heavy atom. The molecular formula is C27H30N2O5S2. The van der Waals surface area contributed by atoms with Crippen molar-refractivity contribution in [1.29, 1.82) is 0 Å². The van der Waals surface area contributed by atoms with Crippen LogP contribution in [-0.4, -0.2) is 37.5 Å². The number of rotatable bonds is 11. The molecule has 1 aliphatic heterocycles. The maximum atomic E-state index is 13.6. The fraction of sp³-hybridized carbons (Fsp3) is 0.370. The number of hydrogen-bond acceptors (Lipinski definition) is 8. The van der Waals surface area contributed by atoms with Crippen LogP contribution in [-0.2, 0) is 14.3 Å². The lowest BCUT2D eigenvalue weighted by Gasteiger charge is -2.23. The van der Waals surface area contributed by atoms with Crippen LogP contribution in [0, 0.1) is 0 Å². The van der Waals surface area contributed by atoms with Gasteiger partial charge >= 0.3 is 5.97 Å². The van der Waals surface area contributed by atoms with Crippen molar-refractivity contribution in [1.82, 2.24) is 4.57 Å². The maximum Gasteiger partial charge on any atom is 0.338 e. The summed E-state index contributed by atoms with van der Waals surface area (Å²) in [5.41, 5.74) is 1.63. The molecule has 7 nitrogen and oxygen atoms in total. The number of thiophene rings is 1. The lowest BCUT2D eigenvalue weighted by atomic mass is 10.0. The van der Waals surface area contributed by atoms with Crippen LogP contribution in [0.25, 0.3) is 6.08 Å². The average molecular weight is 527 g/mol. The van der Waals surface area contributed by atoms with Crippen LogP contribution < -0.4 is 19.6 Å². The van der Waals surface area contributed by atoms with Gasteiger partial charge < -0.3 is 14.2 Å². The Bertz CT molecular complexity index is 1390. The lowest BCUT2D eigenvalue weighted by Crippen LogP contribution is -2.39. The molecule has 0 N–H and O–H groups in total. The van der Waals surface area contributed by atoms with Crippen molar-refractivity contribution >= 4 is 34.7 Å². The van der Waals surface area contributed by atoms with Crippen LogP contribution in [0.15, 0.2) is 62.8 Å². The Morgan fingerprint density at radius 3 is 2.64 bits per heavy atom. The van der Waals surface area contributed by atoms with Crippen molar-refractivity contribution in [2.45, 2.75) is 39.2 Å². The van der Waals surface area contributed by atoms with E-state index in [9.17, 15) is 9.59 Å². The average Bonchev–Trinajstić information content (AvgIpc) is 3.51. The molecule has 0 saturated carbocycles. The monoisotopic (exact) mass is 526 g/mol. The van der Waals surface area contributed by atoms with Gasteiger partial charge in [-0.25, -0.2) is 9.79 Å². The number of benzene rings is 1. The number of hydrogen-bond donors (Lipinski definition) is 0. The number of unbranched alkanes of at least 4 members (excludes halogenated alkanes) is 2. The van der Waals surface area contributed by atoms with E-state index in [1.165, 1.54) is 22.7 Å².